The van der Waals surface area contributed by atoms with E-state index < -0.39 is 6.03 Å². The Morgan fingerprint density at radius 2 is 1.79 bits per heavy atom. The minimum Gasteiger partial charge on any atom is -0.508 e. The second-order valence-corrected chi connectivity index (χ2v) is 4.27. The predicted molar refractivity (Wildman–Crippen MR) is 76.6 cm³/mol. The van der Waals surface area contributed by atoms with Gasteiger partial charge in [-0.2, -0.15) is 0 Å². The smallest absolute Gasteiger partial charge is 0.323 e. The van der Waals surface area contributed by atoms with Crippen molar-refractivity contribution in [1.29, 1.82) is 0 Å². The van der Waals surface area contributed by atoms with Gasteiger partial charge < -0.3 is 21.5 Å². The van der Waals surface area contributed by atoms with Crippen LogP contribution in [-0.2, 0) is 0 Å². The van der Waals surface area contributed by atoms with Crippen LogP contribution in [0.3, 0.4) is 0 Å². The molecule has 2 amide bonds. The zero-order chi connectivity index (χ0) is 13.8. The van der Waals surface area contributed by atoms with Crippen molar-refractivity contribution in [2.75, 3.05) is 16.4 Å². The predicted octanol–water partition coefficient (Wildman–Crippen LogP) is 3.27. The molecule has 0 fully saturated rings. The maximum absolute atomic E-state index is 11.7. The van der Waals surface area contributed by atoms with Gasteiger partial charge in [-0.25, -0.2) is 4.79 Å². The summed E-state index contributed by atoms with van der Waals surface area (Å²) < 4.78 is 0. The highest BCUT2D eigenvalue weighted by atomic mass is 35.5. The van der Waals surface area contributed by atoms with Crippen LogP contribution < -0.4 is 16.4 Å². The number of nitrogen functional groups attached to an aromatic ring is 1. The average Bonchev–Trinajstić information content (AvgIpc) is 2.34. The largest absolute Gasteiger partial charge is 0.508 e. The Hall–Kier alpha value is -2.40. The Bertz CT molecular complexity index is 617. The number of amides is 2. The van der Waals surface area contributed by atoms with Crippen molar-refractivity contribution in [3.05, 3.63) is 47.5 Å². The van der Waals surface area contributed by atoms with Gasteiger partial charge in [0.15, 0.2) is 0 Å². The average molecular weight is 278 g/mol. The SMILES string of the molecule is Nc1ccc(NC(=O)Nc2cccc(O)c2)cc1Cl. The summed E-state index contributed by atoms with van der Waals surface area (Å²) in [7, 11) is 0. The number of aromatic hydroxyl groups is 1. The first-order valence-corrected chi connectivity index (χ1v) is 5.84. The molecule has 0 saturated heterocycles. The van der Waals surface area contributed by atoms with Crippen LogP contribution in [0.25, 0.3) is 0 Å². The summed E-state index contributed by atoms with van der Waals surface area (Å²) in [6, 6.07) is 10.6. The maximum atomic E-state index is 11.7. The van der Waals surface area contributed by atoms with Crippen LogP contribution in [0.4, 0.5) is 21.9 Å². The Morgan fingerprint density at radius 1 is 1.11 bits per heavy atom. The third kappa shape index (κ3) is 3.53. The molecule has 0 bridgehead atoms. The number of urea groups is 1. The summed E-state index contributed by atoms with van der Waals surface area (Å²) in [4.78, 5) is 11.7. The van der Waals surface area contributed by atoms with Crippen LogP contribution in [0.1, 0.15) is 0 Å². The molecule has 0 unspecified atom stereocenters. The highest BCUT2D eigenvalue weighted by Crippen LogP contribution is 2.23. The van der Waals surface area contributed by atoms with Gasteiger partial charge in [-0.1, -0.05) is 17.7 Å². The fraction of sp³-hybridized carbons (Fsp3) is 0. The van der Waals surface area contributed by atoms with E-state index in [0.717, 1.165) is 0 Å². The monoisotopic (exact) mass is 277 g/mol. The molecule has 0 aromatic heterocycles. The van der Waals surface area contributed by atoms with E-state index >= 15 is 0 Å². The first-order chi connectivity index (χ1) is 9.04. The second kappa shape index (κ2) is 5.49. The number of carbonyl (C=O) groups is 1. The van der Waals surface area contributed by atoms with E-state index in [-0.39, 0.29) is 5.75 Å². The van der Waals surface area contributed by atoms with Crippen molar-refractivity contribution in [1.82, 2.24) is 0 Å². The number of nitrogens with two attached hydrogens (primary N) is 1. The van der Waals surface area contributed by atoms with Crippen molar-refractivity contribution in [3.8, 4) is 5.75 Å². The third-order valence-corrected chi connectivity index (χ3v) is 2.69. The number of hydrogen-bond acceptors (Lipinski definition) is 3. The van der Waals surface area contributed by atoms with E-state index in [4.69, 9.17) is 17.3 Å². The van der Waals surface area contributed by atoms with Crippen molar-refractivity contribution in [2.24, 2.45) is 0 Å². The van der Waals surface area contributed by atoms with Gasteiger partial charge in [-0.15, -0.1) is 0 Å². The molecule has 0 aliphatic carbocycles. The van der Waals surface area contributed by atoms with E-state index in [0.29, 0.717) is 22.1 Å². The second-order valence-electron chi connectivity index (χ2n) is 3.87. The number of rotatable bonds is 2. The molecule has 0 saturated carbocycles. The first-order valence-electron chi connectivity index (χ1n) is 5.46. The molecular formula is C13H12ClN3O2. The quantitative estimate of drug-likeness (QED) is 0.635. The minimum absolute atomic E-state index is 0.0772. The van der Waals surface area contributed by atoms with E-state index in [9.17, 15) is 9.90 Å². The van der Waals surface area contributed by atoms with E-state index in [2.05, 4.69) is 10.6 Å². The lowest BCUT2D eigenvalue weighted by molar-refractivity contribution is 0.262. The zero-order valence-corrected chi connectivity index (χ0v) is 10.6. The number of phenols is 1. The lowest BCUT2D eigenvalue weighted by atomic mass is 10.3. The van der Waals surface area contributed by atoms with Crippen molar-refractivity contribution >= 4 is 34.7 Å². The molecule has 0 atom stereocenters. The fourth-order valence-electron chi connectivity index (χ4n) is 1.48. The maximum Gasteiger partial charge on any atom is 0.323 e. The molecule has 2 aromatic carbocycles. The minimum atomic E-state index is -0.438. The molecule has 5 N–H and O–H groups in total. The van der Waals surface area contributed by atoms with Gasteiger partial charge in [0, 0.05) is 17.4 Å². The van der Waals surface area contributed by atoms with Gasteiger partial charge in [-0.05, 0) is 30.3 Å². The molecule has 6 heteroatoms. The molecule has 0 aliphatic heterocycles. The topological polar surface area (TPSA) is 87.4 Å². The summed E-state index contributed by atoms with van der Waals surface area (Å²) in [6.07, 6.45) is 0. The fourth-order valence-corrected chi connectivity index (χ4v) is 1.66. The number of benzene rings is 2. The number of carbonyl (C=O) groups excluding carboxylic acids is 1. The zero-order valence-electron chi connectivity index (χ0n) is 9.85. The molecule has 0 aliphatic rings. The summed E-state index contributed by atoms with van der Waals surface area (Å²) in [5.41, 5.74) is 7.03. The van der Waals surface area contributed by atoms with E-state index in [1.165, 1.54) is 12.1 Å². The van der Waals surface area contributed by atoms with Crippen molar-refractivity contribution in [2.45, 2.75) is 0 Å². The highest BCUT2D eigenvalue weighted by Gasteiger charge is 2.04. The van der Waals surface area contributed by atoms with Crippen LogP contribution in [0.15, 0.2) is 42.5 Å². The normalized spacial score (nSPS) is 9.95. The van der Waals surface area contributed by atoms with Crippen LogP contribution >= 0.6 is 11.6 Å². The van der Waals surface area contributed by atoms with Crippen molar-refractivity contribution < 1.29 is 9.90 Å². The lowest BCUT2D eigenvalue weighted by Crippen LogP contribution is -2.19. The highest BCUT2D eigenvalue weighted by molar-refractivity contribution is 6.33. The number of halogens is 1. The summed E-state index contributed by atoms with van der Waals surface area (Å²) in [5.74, 6) is 0.0772. The number of nitrogens with one attached hydrogen (secondary N) is 2. The standard InChI is InChI=1S/C13H12ClN3O2/c14-11-7-9(4-5-12(11)15)17-13(19)16-8-2-1-3-10(18)6-8/h1-7,18H,15H2,(H2,16,17,19). The molecule has 98 valence electrons. The van der Waals surface area contributed by atoms with Gasteiger partial charge in [0.05, 0.1) is 10.7 Å². The number of hydrogen-bond donors (Lipinski definition) is 4. The van der Waals surface area contributed by atoms with E-state index in [1.54, 1.807) is 30.3 Å². The van der Waals surface area contributed by atoms with Crippen LogP contribution in [-0.4, -0.2) is 11.1 Å². The third-order valence-electron chi connectivity index (χ3n) is 2.36. The van der Waals surface area contributed by atoms with Crippen LogP contribution in [0.5, 0.6) is 5.75 Å². The van der Waals surface area contributed by atoms with Crippen LogP contribution in [0.2, 0.25) is 5.02 Å². The summed E-state index contributed by atoms with van der Waals surface area (Å²) >= 11 is 5.85. The molecule has 5 nitrogen and oxygen atoms in total. The lowest BCUT2D eigenvalue weighted by Gasteiger charge is -2.08. The van der Waals surface area contributed by atoms with Gasteiger partial charge in [0.2, 0.25) is 0 Å². The Morgan fingerprint density at radius 3 is 2.42 bits per heavy atom. The first kappa shape index (κ1) is 13.0. The molecule has 2 rings (SSSR count). The molecule has 0 radical (unpaired) electrons. The number of anilines is 3. The van der Waals surface area contributed by atoms with Crippen LogP contribution in [0, 0.1) is 0 Å². The summed E-state index contributed by atoms with van der Waals surface area (Å²) in [6.45, 7) is 0. The van der Waals surface area contributed by atoms with Crippen molar-refractivity contribution in [3.63, 3.8) is 0 Å². The molecule has 0 heterocycles. The Kier molecular flexibility index (Phi) is 3.77. The Balaban J connectivity index is 2.03. The number of phenolic OH excluding ortho intramolecular Hbond substituents is 1. The molecule has 0 spiro atoms. The van der Waals surface area contributed by atoms with Gasteiger partial charge >= 0.3 is 6.03 Å². The molecule has 19 heavy (non-hydrogen) atoms. The summed E-state index contributed by atoms with van der Waals surface area (Å²) in [5, 5.41) is 14.8. The van der Waals surface area contributed by atoms with Gasteiger partial charge in [0.25, 0.3) is 0 Å². The van der Waals surface area contributed by atoms with Gasteiger partial charge in [0.1, 0.15) is 5.75 Å². The molecule has 2 aromatic rings. The Labute approximate surface area is 115 Å². The molecular weight excluding hydrogens is 266 g/mol. The van der Waals surface area contributed by atoms with E-state index in [1.807, 2.05) is 0 Å². The van der Waals surface area contributed by atoms with Gasteiger partial charge in [-0.3, -0.25) is 0 Å².